The lowest BCUT2D eigenvalue weighted by atomic mass is 10.2. The fourth-order valence-corrected chi connectivity index (χ4v) is 4.48. The van der Waals surface area contributed by atoms with Crippen LogP contribution in [-0.2, 0) is 21.2 Å². The lowest BCUT2D eigenvalue weighted by molar-refractivity contribution is -0.116. The summed E-state index contributed by atoms with van der Waals surface area (Å²) in [6, 6.07) is 12.0. The normalized spacial score (nSPS) is 15.9. The topological polar surface area (TPSA) is 90.9 Å². The Bertz CT molecular complexity index is 1030. The molecular formula is C19H20N4O3S. The molecule has 140 valence electrons. The van der Waals surface area contributed by atoms with Crippen molar-refractivity contribution in [3.8, 4) is 0 Å². The molecule has 0 atom stereocenters. The van der Waals surface area contributed by atoms with Crippen LogP contribution in [0, 0.1) is 0 Å². The number of carbonyl (C=O) groups excluding carboxylic acids is 1. The van der Waals surface area contributed by atoms with Gasteiger partial charge in [0.1, 0.15) is 5.84 Å². The predicted octanol–water partition coefficient (Wildman–Crippen LogP) is 1.75. The van der Waals surface area contributed by atoms with Crippen molar-refractivity contribution in [2.45, 2.75) is 18.2 Å². The number of benzene rings is 2. The molecule has 0 unspecified atom stereocenters. The minimum absolute atomic E-state index is 0.0380. The highest BCUT2D eigenvalue weighted by atomic mass is 32.2. The second-order valence-corrected chi connectivity index (χ2v) is 8.23. The van der Waals surface area contributed by atoms with Gasteiger partial charge in [-0.05, 0) is 54.4 Å². The standard InChI is InChI=1S/C19H20N4O3S/c1-13(24)23-11-8-15-12-17(6-7-18(15)23)27(25,26)22-16-4-2-14(3-5-16)19-20-9-10-21-19/h2-7,12,22H,8-11H2,1H3,(H,20,21). The summed E-state index contributed by atoms with van der Waals surface area (Å²) in [5.41, 5.74) is 3.07. The Hall–Kier alpha value is -2.87. The average Bonchev–Trinajstić information content (AvgIpc) is 3.31. The Kier molecular flexibility index (Phi) is 4.35. The molecule has 0 aromatic heterocycles. The highest BCUT2D eigenvalue weighted by Crippen LogP contribution is 2.30. The molecule has 0 saturated heterocycles. The first-order chi connectivity index (χ1) is 12.9. The van der Waals surface area contributed by atoms with E-state index in [1.54, 1.807) is 29.2 Å². The van der Waals surface area contributed by atoms with Crippen LogP contribution >= 0.6 is 0 Å². The van der Waals surface area contributed by atoms with Crippen LogP contribution in [0.5, 0.6) is 0 Å². The molecule has 0 fully saturated rings. The minimum Gasteiger partial charge on any atom is -0.368 e. The zero-order chi connectivity index (χ0) is 19.0. The van der Waals surface area contributed by atoms with E-state index in [1.807, 2.05) is 12.1 Å². The van der Waals surface area contributed by atoms with Crippen LogP contribution in [0.4, 0.5) is 11.4 Å². The van der Waals surface area contributed by atoms with Crippen molar-refractivity contribution in [2.24, 2.45) is 4.99 Å². The maximum atomic E-state index is 12.7. The summed E-state index contributed by atoms with van der Waals surface area (Å²) in [5, 5.41) is 3.19. The molecule has 27 heavy (non-hydrogen) atoms. The molecular weight excluding hydrogens is 364 g/mol. The van der Waals surface area contributed by atoms with E-state index in [1.165, 1.54) is 13.0 Å². The predicted molar refractivity (Wildman–Crippen MR) is 105 cm³/mol. The highest BCUT2D eigenvalue weighted by molar-refractivity contribution is 7.92. The molecule has 0 aliphatic carbocycles. The van der Waals surface area contributed by atoms with E-state index in [2.05, 4.69) is 15.0 Å². The molecule has 1 amide bonds. The number of anilines is 2. The molecule has 4 rings (SSSR count). The number of amidine groups is 1. The summed E-state index contributed by atoms with van der Waals surface area (Å²) >= 11 is 0. The van der Waals surface area contributed by atoms with Crippen LogP contribution in [0.2, 0.25) is 0 Å². The third-order valence-electron chi connectivity index (χ3n) is 4.72. The van der Waals surface area contributed by atoms with E-state index < -0.39 is 10.0 Å². The number of fused-ring (bicyclic) bond motifs is 1. The summed E-state index contributed by atoms with van der Waals surface area (Å²) in [7, 11) is -3.70. The van der Waals surface area contributed by atoms with Crippen molar-refractivity contribution in [1.82, 2.24) is 5.32 Å². The number of aliphatic imine (C=N–C) groups is 1. The maximum absolute atomic E-state index is 12.7. The summed E-state index contributed by atoms with van der Waals surface area (Å²) in [5.74, 6) is 0.794. The van der Waals surface area contributed by atoms with Crippen LogP contribution in [0.1, 0.15) is 18.1 Å². The van der Waals surface area contributed by atoms with Crippen LogP contribution < -0.4 is 14.9 Å². The Balaban J connectivity index is 1.55. The molecule has 0 saturated carbocycles. The number of hydrogen-bond donors (Lipinski definition) is 2. The number of carbonyl (C=O) groups is 1. The number of sulfonamides is 1. The first-order valence-corrected chi connectivity index (χ1v) is 10.2. The van der Waals surface area contributed by atoms with E-state index in [0.717, 1.165) is 35.7 Å². The number of hydrogen-bond acceptors (Lipinski definition) is 5. The second kappa shape index (κ2) is 6.70. The smallest absolute Gasteiger partial charge is 0.261 e. The van der Waals surface area contributed by atoms with E-state index in [0.29, 0.717) is 18.7 Å². The molecule has 2 N–H and O–H groups in total. The Morgan fingerprint density at radius 1 is 1.19 bits per heavy atom. The van der Waals surface area contributed by atoms with Crippen molar-refractivity contribution in [2.75, 3.05) is 29.3 Å². The van der Waals surface area contributed by atoms with Crippen LogP contribution in [0.25, 0.3) is 0 Å². The number of rotatable bonds is 4. The third-order valence-corrected chi connectivity index (χ3v) is 6.10. The monoisotopic (exact) mass is 384 g/mol. The Morgan fingerprint density at radius 3 is 2.63 bits per heavy atom. The van der Waals surface area contributed by atoms with Gasteiger partial charge in [-0.25, -0.2) is 8.42 Å². The molecule has 7 nitrogen and oxygen atoms in total. The van der Waals surface area contributed by atoms with Gasteiger partial charge in [0.2, 0.25) is 5.91 Å². The molecule has 8 heteroatoms. The van der Waals surface area contributed by atoms with Crippen LogP contribution in [0.15, 0.2) is 52.4 Å². The quantitative estimate of drug-likeness (QED) is 0.840. The van der Waals surface area contributed by atoms with Gasteiger partial charge in [-0.1, -0.05) is 0 Å². The molecule has 2 aliphatic heterocycles. The van der Waals surface area contributed by atoms with Gasteiger partial charge in [0.05, 0.1) is 11.4 Å². The van der Waals surface area contributed by atoms with Gasteiger partial charge in [0, 0.05) is 37.0 Å². The number of nitrogens with one attached hydrogen (secondary N) is 2. The summed E-state index contributed by atoms with van der Waals surface area (Å²) in [4.78, 5) is 17.8. The fourth-order valence-electron chi connectivity index (χ4n) is 3.37. The van der Waals surface area contributed by atoms with Gasteiger partial charge in [-0.3, -0.25) is 14.5 Å². The van der Waals surface area contributed by atoms with Crippen molar-refractivity contribution >= 4 is 33.1 Å². The molecule has 0 radical (unpaired) electrons. The van der Waals surface area contributed by atoms with Crippen molar-refractivity contribution in [1.29, 1.82) is 0 Å². The first-order valence-electron chi connectivity index (χ1n) is 8.77. The fraction of sp³-hybridized carbons (Fsp3) is 0.263. The van der Waals surface area contributed by atoms with Crippen molar-refractivity contribution in [3.63, 3.8) is 0 Å². The summed E-state index contributed by atoms with van der Waals surface area (Å²) < 4.78 is 28.1. The third kappa shape index (κ3) is 3.40. The number of nitrogens with zero attached hydrogens (tertiary/aromatic N) is 2. The molecule has 0 bridgehead atoms. The largest absolute Gasteiger partial charge is 0.368 e. The van der Waals surface area contributed by atoms with Gasteiger partial charge >= 0.3 is 0 Å². The molecule has 0 spiro atoms. The molecule has 2 aromatic rings. The Morgan fingerprint density at radius 2 is 1.96 bits per heavy atom. The summed E-state index contributed by atoms with van der Waals surface area (Å²) in [6.45, 7) is 3.67. The zero-order valence-electron chi connectivity index (χ0n) is 14.9. The maximum Gasteiger partial charge on any atom is 0.261 e. The van der Waals surface area contributed by atoms with E-state index in [-0.39, 0.29) is 10.8 Å². The van der Waals surface area contributed by atoms with Gasteiger partial charge in [-0.2, -0.15) is 0 Å². The lowest BCUT2D eigenvalue weighted by Gasteiger charge is -2.15. The van der Waals surface area contributed by atoms with Crippen LogP contribution in [-0.4, -0.2) is 39.8 Å². The van der Waals surface area contributed by atoms with Gasteiger partial charge < -0.3 is 10.2 Å². The second-order valence-electron chi connectivity index (χ2n) is 6.55. The lowest BCUT2D eigenvalue weighted by Crippen LogP contribution is -2.25. The summed E-state index contributed by atoms with van der Waals surface area (Å²) in [6.07, 6.45) is 0.655. The van der Waals surface area contributed by atoms with Crippen molar-refractivity contribution in [3.05, 3.63) is 53.6 Å². The molecule has 2 aliphatic rings. The van der Waals surface area contributed by atoms with Gasteiger partial charge in [0.25, 0.3) is 10.0 Å². The average molecular weight is 384 g/mol. The minimum atomic E-state index is -3.70. The SMILES string of the molecule is CC(=O)N1CCc2cc(S(=O)(=O)Nc3ccc(C4=NCCN4)cc3)ccc21. The van der Waals surface area contributed by atoms with Crippen molar-refractivity contribution < 1.29 is 13.2 Å². The van der Waals surface area contributed by atoms with E-state index >= 15 is 0 Å². The molecule has 2 aromatic carbocycles. The first kappa shape index (κ1) is 17.5. The van der Waals surface area contributed by atoms with Gasteiger partial charge in [-0.15, -0.1) is 0 Å². The molecule has 2 heterocycles. The van der Waals surface area contributed by atoms with E-state index in [4.69, 9.17) is 0 Å². The van der Waals surface area contributed by atoms with E-state index in [9.17, 15) is 13.2 Å². The highest BCUT2D eigenvalue weighted by Gasteiger charge is 2.24. The van der Waals surface area contributed by atoms with Gasteiger partial charge in [0.15, 0.2) is 0 Å². The number of amides is 1. The zero-order valence-corrected chi connectivity index (χ0v) is 15.7. The van der Waals surface area contributed by atoms with Crippen LogP contribution in [0.3, 0.4) is 0 Å². The Labute approximate surface area is 158 Å².